The van der Waals surface area contributed by atoms with E-state index in [9.17, 15) is 0 Å². The Morgan fingerprint density at radius 3 is 1.33 bits per heavy atom. The summed E-state index contributed by atoms with van der Waals surface area (Å²) in [5, 5.41) is 0. The Morgan fingerprint density at radius 1 is 0.667 bits per heavy atom. The monoisotopic (exact) mass is 294 g/mol. The van der Waals surface area contributed by atoms with Crippen molar-refractivity contribution in [1.82, 2.24) is 0 Å². The Morgan fingerprint density at radius 2 is 1.00 bits per heavy atom. The lowest BCUT2D eigenvalue weighted by atomic mass is 9.51. The van der Waals surface area contributed by atoms with E-state index in [1.165, 1.54) is 51.4 Å². The molecule has 0 radical (unpaired) electrons. The highest BCUT2D eigenvalue weighted by molar-refractivity contribution is 5.12. The van der Waals surface area contributed by atoms with E-state index in [1.807, 2.05) is 0 Å². The molecule has 124 valence electrons. The van der Waals surface area contributed by atoms with Gasteiger partial charge in [-0.05, 0) is 55.8 Å². The molecule has 4 unspecified atom stereocenters. The molecule has 0 saturated heterocycles. The zero-order valence-electron chi connectivity index (χ0n) is 14.9. The van der Waals surface area contributed by atoms with E-state index in [2.05, 4.69) is 27.7 Å². The van der Waals surface area contributed by atoms with E-state index in [1.54, 1.807) is 0 Å². The predicted molar refractivity (Wildman–Crippen MR) is 92.2 cm³/mol. The lowest BCUT2D eigenvalue weighted by Gasteiger charge is -2.58. The highest BCUT2D eigenvalue weighted by atomic mass is 14.9. The Balaban J connectivity index is 2.28. The molecule has 2 aliphatic rings. The lowest BCUT2D eigenvalue weighted by Crippen LogP contribution is -2.66. The van der Waals surface area contributed by atoms with Crippen LogP contribution in [0.3, 0.4) is 0 Å². The highest BCUT2D eigenvalue weighted by Crippen LogP contribution is 2.54. The van der Waals surface area contributed by atoms with Gasteiger partial charge in [0.2, 0.25) is 0 Å². The molecular weight excluding hydrogens is 256 g/mol. The average Bonchev–Trinajstić information content (AvgIpc) is 2.45. The molecule has 4 atom stereocenters. The molecule has 0 heterocycles. The van der Waals surface area contributed by atoms with Crippen LogP contribution in [0.15, 0.2) is 0 Å². The van der Waals surface area contributed by atoms with Crippen molar-refractivity contribution in [3.8, 4) is 0 Å². The highest BCUT2D eigenvalue weighted by Gasteiger charge is 2.54. The Hall–Kier alpha value is -0.0800. The van der Waals surface area contributed by atoms with Crippen LogP contribution in [0.1, 0.15) is 98.3 Å². The van der Waals surface area contributed by atoms with E-state index >= 15 is 0 Å². The molecule has 0 amide bonds. The summed E-state index contributed by atoms with van der Waals surface area (Å²) in [6.07, 6.45) is 13.5. The maximum absolute atomic E-state index is 7.06. The van der Waals surface area contributed by atoms with Crippen LogP contribution in [0.4, 0.5) is 0 Å². The number of hydrogen-bond donors (Lipinski definition) is 2. The fraction of sp³-hybridized carbons (Fsp3) is 1.00. The van der Waals surface area contributed by atoms with E-state index < -0.39 is 0 Å². The fourth-order valence-electron chi connectivity index (χ4n) is 5.24. The summed E-state index contributed by atoms with van der Waals surface area (Å²) in [5.41, 5.74) is 14.5. The summed E-state index contributed by atoms with van der Waals surface area (Å²) >= 11 is 0. The van der Waals surface area contributed by atoms with Gasteiger partial charge in [0.05, 0.1) is 0 Å². The van der Waals surface area contributed by atoms with Gasteiger partial charge in [-0.25, -0.2) is 0 Å². The third kappa shape index (κ3) is 2.79. The number of rotatable bonds is 4. The average molecular weight is 295 g/mol. The van der Waals surface area contributed by atoms with E-state index in [0.29, 0.717) is 0 Å². The largest absolute Gasteiger partial charge is 0.325 e. The summed E-state index contributed by atoms with van der Waals surface area (Å²) in [7, 11) is 0. The van der Waals surface area contributed by atoms with Gasteiger partial charge < -0.3 is 11.5 Å². The van der Waals surface area contributed by atoms with Crippen molar-refractivity contribution in [3.05, 3.63) is 0 Å². The van der Waals surface area contributed by atoms with Gasteiger partial charge >= 0.3 is 0 Å². The minimum absolute atomic E-state index is 0.0669. The molecule has 0 bridgehead atoms. The lowest BCUT2D eigenvalue weighted by molar-refractivity contribution is -0.00942. The standard InChI is InChI=1S/C19H38N2/c1-5-16(3)11-7-9-13-18(16,20)15-19(21)14-10-8-12-17(19,4)6-2/h5-15,20-21H2,1-4H3. The van der Waals surface area contributed by atoms with Crippen LogP contribution in [-0.2, 0) is 0 Å². The van der Waals surface area contributed by atoms with E-state index in [0.717, 1.165) is 19.3 Å². The molecule has 2 rings (SSSR count). The molecular formula is C19H38N2. The zero-order valence-corrected chi connectivity index (χ0v) is 14.9. The molecule has 0 spiro atoms. The van der Waals surface area contributed by atoms with E-state index in [-0.39, 0.29) is 21.9 Å². The molecule has 2 saturated carbocycles. The minimum atomic E-state index is -0.0669. The smallest absolute Gasteiger partial charge is 0.0226 e. The fourth-order valence-corrected chi connectivity index (χ4v) is 5.24. The van der Waals surface area contributed by atoms with Crippen LogP contribution < -0.4 is 11.5 Å². The van der Waals surface area contributed by atoms with Crippen molar-refractivity contribution in [3.63, 3.8) is 0 Å². The summed E-state index contributed by atoms with van der Waals surface area (Å²) in [6, 6.07) is 0. The molecule has 2 heteroatoms. The first-order valence-electron chi connectivity index (χ1n) is 9.32. The second-order valence-corrected chi connectivity index (χ2v) is 8.73. The van der Waals surface area contributed by atoms with Gasteiger partial charge in [0.15, 0.2) is 0 Å². The Kier molecular flexibility index (Phi) is 4.81. The van der Waals surface area contributed by atoms with Gasteiger partial charge in [-0.3, -0.25) is 0 Å². The van der Waals surface area contributed by atoms with Crippen molar-refractivity contribution in [2.24, 2.45) is 22.3 Å². The molecule has 0 aliphatic heterocycles. The van der Waals surface area contributed by atoms with Crippen LogP contribution >= 0.6 is 0 Å². The summed E-state index contributed by atoms with van der Waals surface area (Å²) in [6.45, 7) is 9.47. The van der Waals surface area contributed by atoms with Crippen LogP contribution in [-0.4, -0.2) is 11.1 Å². The first-order chi connectivity index (χ1) is 9.74. The second kappa shape index (κ2) is 5.85. The van der Waals surface area contributed by atoms with Crippen molar-refractivity contribution in [2.45, 2.75) is 109 Å². The van der Waals surface area contributed by atoms with Crippen LogP contribution in [0.25, 0.3) is 0 Å². The van der Waals surface area contributed by atoms with Gasteiger partial charge in [-0.15, -0.1) is 0 Å². The van der Waals surface area contributed by atoms with Gasteiger partial charge in [-0.1, -0.05) is 53.4 Å². The van der Waals surface area contributed by atoms with Crippen molar-refractivity contribution in [2.75, 3.05) is 0 Å². The maximum Gasteiger partial charge on any atom is 0.0226 e. The second-order valence-electron chi connectivity index (χ2n) is 8.73. The Labute approximate surface area is 132 Å². The topological polar surface area (TPSA) is 52.0 Å². The molecule has 0 aromatic heterocycles. The maximum atomic E-state index is 7.06. The minimum Gasteiger partial charge on any atom is -0.325 e. The van der Waals surface area contributed by atoms with E-state index in [4.69, 9.17) is 11.5 Å². The van der Waals surface area contributed by atoms with Crippen molar-refractivity contribution in [1.29, 1.82) is 0 Å². The van der Waals surface area contributed by atoms with Crippen LogP contribution in [0, 0.1) is 10.8 Å². The summed E-state index contributed by atoms with van der Waals surface area (Å²) in [5.74, 6) is 0. The normalized spacial score (nSPS) is 48.3. The van der Waals surface area contributed by atoms with Crippen LogP contribution in [0.5, 0.6) is 0 Å². The molecule has 4 N–H and O–H groups in total. The number of hydrogen-bond acceptors (Lipinski definition) is 2. The predicted octanol–water partition coefficient (Wildman–Crippen LogP) is 4.75. The van der Waals surface area contributed by atoms with Gasteiger partial charge in [0, 0.05) is 11.1 Å². The van der Waals surface area contributed by atoms with Gasteiger partial charge in [0.25, 0.3) is 0 Å². The molecule has 2 aliphatic carbocycles. The first kappa shape index (κ1) is 17.3. The molecule has 2 nitrogen and oxygen atoms in total. The summed E-state index contributed by atoms with van der Waals surface area (Å²) in [4.78, 5) is 0. The third-order valence-corrected chi connectivity index (χ3v) is 7.80. The van der Waals surface area contributed by atoms with Crippen molar-refractivity contribution >= 4 is 0 Å². The Bertz CT molecular complexity index is 335. The zero-order chi connectivity index (χ0) is 15.8. The number of nitrogens with two attached hydrogens (primary N) is 2. The SMILES string of the molecule is CCC1(C)CCCCC1(N)CC1(N)CCCCC1(C)CC. The third-order valence-electron chi connectivity index (χ3n) is 7.80. The molecule has 2 fully saturated rings. The molecule has 0 aromatic carbocycles. The van der Waals surface area contributed by atoms with Gasteiger partial charge in [-0.2, -0.15) is 0 Å². The van der Waals surface area contributed by atoms with Crippen LogP contribution in [0.2, 0.25) is 0 Å². The molecule has 21 heavy (non-hydrogen) atoms. The molecule has 0 aromatic rings. The first-order valence-corrected chi connectivity index (χ1v) is 9.32. The van der Waals surface area contributed by atoms with Crippen molar-refractivity contribution < 1.29 is 0 Å². The quantitative estimate of drug-likeness (QED) is 0.786. The summed E-state index contributed by atoms with van der Waals surface area (Å²) < 4.78 is 0. The van der Waals surface area contributed by atoms with Gasteiger partial charge in [0.1, 0.15) is 0 Å².